The number of rotatable bonds is 4. The summed E-state index contributed by atoms with van der Waals surface area (Å²) in [5, 5.41) is 3.03. The Hall–Kier alpha value is -1.79. The van der Waals surface area contributed by atoms with Crippen LogP contribution in [0.1, 0.15) is 15.9 Å². The molecule has 1 N–H and O–H groups in total. The Kier molecular flexibility index (Phi) is 4.39. The molecule has 0 saturated heterocycles. The Balaban J connectivity index is 2.78. The van der Waals surface area contributed by atoms with Crippen LogP contribution in [0.15, 0.2) is 24.3 Å². The van der Waals surface area contributed by atoms with Gasteiger partial charge in [-0.25, -0.2) is 4.79 Å². The Morgan fingerprint density at radius 2 is 2.27 bits per heavy atom. The van der Waals surface area contributed by atoms with Crippen molar-refractivity contribution in [1.29, 1.82) is 0 Å². The molecule has 0 spiro atoms. The SMILES string of the molecule is C#CCNCc1ccccc1C(=O)OC. The Morgan fingerprint density at radius 1 is 1.53 bits per heavy atom. The van der Waals surface area contributed by atoms with Gasteiger partial charge in [-0.3, -0.25) is 0 Å². The molecular weight excluding hydrogens is 190 g/mol. The summed E-state index contributed by atoms with van der Waals surface area (Å²) in [7, 11) is 1.37. The van der Waals surface area contributed by atoms with Gasteiger partial charge in [0.2, 0.25) is 0 Å². The normalized spacial score (nSPS) is 9.33. The molecule has 0 atom stereocenters. The molecule has 3 nitrogen and oxygen atoms in total. The number of ether oxygens (including phenoxy) is 1. The lowest BCUT2D eigenvalue weighted by atomic mass is 10.1. The molecule has 1 rings (SSSR count). The highest BCUT2D eigenvalue weighted by Crippen LogP contribution is 2.09. The van der Waals surface area contributed by atoms with Crippen molar-refractivity contribution >= 4 is 5.97 Å². The van der Waals surface area contributed by atoms with E-state index < -0.39 is 0 Å². The molecule has 78 valence electrons. The van der Waals surface area contributed by atoms with Crippen molar-refractivity contribution in [3.8, 4) is 12.3 Å². The van der Waals surface area contributed by atoms with Gasteiger partial charge < -0.3 is 10.1 Å². The third-order valence-corrected chi connectivity index (χ3v) is 1.97. The smallest absolute Gasteiger partial charge is 0.338 e. The summed E-state index contributed by atoms with van der Waals surface area (Å²) < 4.78 is 4.68. The van der Waals surface area contributed by atoms with Gasteiger partial charge in [-0.2, -0.15) is 0 Å². The van der Waals surface area contributed by atoms with E-state index in [4.69, 9.17) is 6.42 Å². The molecule has 0 fully saturated rings. The number of hydrogen-bond donors (Lipinski definition) is 1. The Bertz CT molecular complexity index is 379. The molecule has 0 saturated carbocycles. The highest BCUT2D eigenvalue weighted by molar-refractivity contribution is 5.90. The molecule has 0 heterocycles. The summed E-state index contributed by atoms with van der Waals surface area (Å²) in [6.07, 6.45) is 5.11. The van der Waals surface area contributed by atoms with Gasteiger partial charge in [-0.05, 0) is 11.6 Å². The van der Waals surface area contributed by atoms with Crippen molar-refractivity contribution in [3.05, 3.63) is 35.4 Å². The fraction of sp³-hybridized carbons (Fsp3) is 0.250. The topological polar surface area (TPSA) is 38.3 Å². The molecule has 0 aliphatic rings. The van der Waals surface area contributed by atoms with Crippen LogP contribution in [0, 0.1) is 12.3 Å². The maximum Gasteiger partial charge on any atom is 0.338 e. The molecule has 3 heteroatoms. The third-order valence-electron chi connectivity index (χ3n) is 1.97. The van der Waals surface area contributed by atoms with Crippen molar-refractivity contribution in [2.75, 3.05) is 13.7 Å². The van der Waals surface area contributed by atoms with Crippen LogP contribution in [0.4, 0.5) is 0 Å². The van der Waals surface area contributed by atoms with E-state index in [0.717, 1.165) is 5.56 Å². The van der Waals surface area contributed by atoms with Crippen LogP contribution in [-0.2, 0) is 11.3 Å². The first-order valence-corrected chi connectivity index (χ1v) is 4.60. The Morgan fingerprint density at radius 3 is 2.93 bits per heavy atom. The first-order valence-electron chi connectivity index (χ1n) is 4.60. The summed E-state index contributed by atoms with van der Waals surface area (Å²) in [4.78, 5) is 11.4. The van der Waals surface area contributed by atoms with E-state index in [1.807, 2.05) is 12.1 Å². The Labute approximate surface area is 89.4 Å². The first kappa shape index (κ1) is 11.3. The summed E-state index contributed by atoms with van der Waals surface area (Å²) in [6, 6.07) is 7.28. The summed E-state index contributed by atoms with van der Waals surface area (Å²) >= 11 is 0. The summed E-state index contributed by atoms with van der Waals surface area (Å²) in [5.74, 6) is 2.15. The van der Waals surface area contributed by atoms with Gasteiger partial charge in [-0.1, -0.05) is 24.1 Å². The van der Waals surface area contributed by atoms with Gasteiger partial charge in [0.1, 0.15) is 0 Å². The van der Waals surface area contributed by atoms with E-state index in [1.165, 1.54) is 7.11 Å². The van der Waals surface area contributed by atoms with E-state index in [2.05, 4.69) is 16.0 Å². The van der Waals surface area contributed by atoms with Crippen molar-refractivity contribution in [1.82, 2.24) is 5.32 Å². The second-order valence-corrected chi connectivity index (χ2v) is 2.96. The van der Waals surface area contributed by atoms with Crippen LogP contribution in [0.25, 0.3) is 0 Å². The third kappa shape index (κ3) is 3.12. The molecule has 0 unspecified atom stereocenters. The zero-order chi connectivity index (χ0) is 11.1. The van der Waals surface area contributed by atoms with Gasteiger partial charge in [0.15, 0.2) is 0 Å². The number of methoxy groups -OCH3 is 1. The zero-order valence-corrected chi connectivity index (χ0v) is 8.62. The summed E-state index contributed by atoms with van der Waals surface area (Å²) in [5.41, 5.74) is 1.46. The molecule has 1 aromatic carbocycles. The van der Waals surface area contributed by atoms with Crippen LogP contribution < -0.4 is 5.32 Å². The lowest BCUT2D eigenvalue weighted by Gasteiger charge is -2.07. The minimum absolute atomic E-state index is 0.326. The van der Waals surface area contributed by atoms with Crippen LogP contribution >= 0.6 is 0 Å². The van der Waals surface area contributed by atoms with Crippen LogP contribution in [0.2, 0.25) is 0 Å². The van der Waals surface area contributed by atoms with Crippen molar-refractivity contribution in [2.45, 2.75) is 6.54 Å². The van der Waals surface area contributed by atoms with E-state index in [0.29, 0.717) is 18.7 Å². The maximum absolute atomic E-state index is 11.4. The molecule has 1 aromatic rings. The van der Waals surface area contributed by atoms with Gasteiger partial charge in [-0.15, -0.1) is 6.42 Å². The van der Waals surface area contributed by atoms with E-state index >= 15 is 0 Å². The van der Waals surface area contributed by atoms with Gasteiger partial charge in [0, 0.05) is 6.54 Å². The average molecular weight is 203 g/mol. The highest BCUT2D eigenvalue weighted by Gasteiger charge is 2.09. The predicted octanol–water partition coefficient (Wildman–Crippen LogP) is 1.20. The number of esters is 1. The van der Waals surface area contributed by atoms with Crippen molar-refractivity contribution in [3.63, 3.8) is 0 Å². The highest BCUT2D eigenvalue weighted by atomic mass is 16.5. The zero-order valence-electron chi connectivity index (χ0n) is 8.62. The lowest BCUT2D eigenvalue weighted by molar-refractivity contribution is 0.0599. The molecule has 0 aromatic heterocycles. The number of nitrogens with one attached hydrogen (secondary N) is 1. The van der Waals surface area contributed by atoms with Gasteiger partial charge in [0.05, 0.1) is 19.2 Å². The van der Waals surface area contributed by atoms with Crippen molar-refractivity contribution in [2.24, 2.45) is 0 Å². The lowest BCUT2D eigenvalue weighted by Crippen LogP contribution is -2.16. The van der Waals surface area contributed by atoms with E-state index in [1.54, 1.807) is 12.1 Å². The number of terminal acetylenes is 1. The minimum Gasteiger partial charge on any atom is -0.465 e. The van der Waals surface area contributed by atoms with Crippen molar-refractivity contribution < 1.29 is 9.53 Å². The van der Waals surface area contributed by atoms with Gasteiger partial charge >= 0.3 is 5.97 Å². The molecule has 0 aliphatic heterocycles. The minimum atomic E-state index is -0.326. The fourth-order valence-corrected chi connectivity index (χ4v) is 1.25. The quantitative estimate of drug-likeness (QED) is 0.454. The molecule has 0 bridgehead atoms. The number of hydrogen-bond acceptors (Lipinski definition) is 3. The number of benzene rings is 1. The van der Waals surface area contributed by atoms with Crippen LogP contribution in [0.3, 0.4) is 0 Å². The largest absolute Gasteiger partial charge is 0.465 e. The van der Waals surface area contributed by atoms with E-state index in [9.17, 15) is 4.79 Å². The number of carbonyl (C=O) groups is 1. The first-order chi connectivity index (χ1) is 7.29. The second kappa shape index (κ2) is 5.84. The monoisotopic (exact) mass is 203 g/mol. The maximum atomic E-state index is 11.4. The molecule has 15 heavy (non-hydrogen) atoms. The predicted molar refractivity (Wildman–Crippen MR) is 58.3 cm³/mol. The summed E-state index contributed by atoms with van der Waals surface area (Å²) in [6.45, 7) is 1.05. The molecular formula is C12H13NO2. The van der Waals surface area contributed by atoms with Crippen LogP contribution in [0.5, 0.6) is 0 Å². The van der Waals surface area contributed by atoms with Crippen LogP contribution in [-0.4, -0.2) is 19.6 Å². The average Bonchev–Trinajstić information content (AvgIpc) is 2.29. The number of carbonyl (C=O) groups excluding carboxylic acids is 1. The molecule has 0 aliphatic carbocycles. The van der Waals surface area contributed by atoms with E-state index in [-0.39, 0.29) is 5.97 Å². The molecule has 0 radical (unpaired) electrons. The second-order valence-electron chi connectivity index (χ2n) is 2.96. The van der Waals surface area contributed by atoms with Gasteiger partial charge in [0.25, 0.3) is 0 Å². The molecule has 0 amide bonds. The standard InChI is InChI=1S/C12H13NO2/c1-3-8-13-9-10-6-4-5-7-11(10)12(14)15-2/h1,4-7,13H,8-9H2,2H3. The fourth-order valence-electron chi connectivity index (χ4n) is 1.25.